The smallest absolute Gasteiger partial charge is 0.319 e. The predicted octanol–water partition coefficient (Wildman–Crippen LogP) is 2.94. The monoisotopic (exact) mass is 414 g/mol. The Hall–Kier alpha value is -2.12. The van der Waals surface area contributed by atoms with Gasteiger partial charge in [0.2, 0.25) is 0 Å². The maximum atomic E-state index is 12.9. The highest BCUT2D eigenvalue weighted by atomic mass is 16.5. The number of anilines is 1. The van der Waals surface area contributed by atoms with Gasteiger partial charge in [0.15, 0.2) is 0 Å². The van der Waals surface area contributed by atoms with Gasteiger partial charge in [0.05, 0.1) is 24.5 Å². The van der Waals surface area contributed by atoms with Gasteiger partial charge >= 0.3 is 6.03 Å². The lowest BCUT2D eigenvalue weighted by atomic mass is 10.0. The molecule has 1 aromatic rings. The second-order valence-electron chi connectivity index (χ2n) is 8.77. The van der Waals surface area contributed by atoms with Crippen molar-refractivity contribution in [3.63, 3.8) is 0 Å². The largest absolute Gasteiger partial charge is 0.378 e. The molecular formula is C23H34N4O3. The van der Waals surface area contributed by atoms with Gasteiger partial charge in [-0.25, -0.2) is 4.79 Å². The molecule has 2 N–H and O–H groups in total. The predicted molar refractivity (Wildman–Crippen MR) is 117 cm³/mol. The number of ether oxygens (including phenoxy) is 1. The Morgan fingerprint density at radius 2 is 1.67 bits per heavy atom. The quantitative estimate of drug-likeness (QED) is 0.777. The van der Waals surface area contributed by atoms with Crippen molar-refractivity contribution in [2.24, 2.45) is 5.92 Å². The van der Waals surface area contributed by atoms with E-state index in [4.69, 9.17) is 4.74 Å². The van der Waals surface area contributed by atoms with Crippen molar-refractivity contribution in [3.05, 3.63) is 29.8 Å². The molecule has 3 amide bonds. The minimum absolute atomic E-state index is 0.0607. The number of rotatable bonds is 5. The number of hydrogen-bond acceptors (Lipinski definition) is 4. The summed E-state index contributed by atoms with van der Waals surface area (Å²) < 4.78 is 5.33. The van der Waals surface area contributed by atoms with Crippen LogP contribution in [0.15, 0.2) is 24.3 Å². The summed E-state index contributed by atoms with van der Waals surface area (Å²) in [7, 11) is 0. The molecule has 2 aliphatic heterocycles. The van der Waals surface area contributed by atoms with Crippen LogP contribution in [0.3, 0.4) is 0 Å². The van der Waals surface area contributed by atoms with E-state index < -0.39 is 0 Å². The van der Waals surface area contributed by atoms with E-state index in [1.807, 2.05) is 12.1 Å². The Morgan fingerprint density at radius 1 is 0.967 bits per heavy atom. The zero-order chi connectivity index (χ0) is 20.8. The summed E-state index contributed by atoms with van der Waals surface area (Å²) in [6.45, 7) is 5.59. The summed E-state index contributed by atoms with van der Waals surface area (Å²) in [5, 5.41) is 6.01. The van der Waals surface area contributed by atoms with E-state index in [9.17, 15) is 9.59 Å². The normalized spacial score (nSPS) is 21.5. The highest BCUT2D eigenvalue weighted by molar-refractivity contribution is 6.03. The number of carbonyl (C=O) groups is 2. The zero-order valence-electron chi connectivity index (χ0n) is 17.8. The number of piperidine rings is 1. The van der Waals surface area contributed by atoms with Crippen molar-refractivity contribution in [1.29, 1.82) is 0 Å². The molecule has 0 radical (unpaired) electrons. The second-order valence-corrected chi connectivity index (χ2v) is 8.77. The Morgan fingerprint density at radius 3 is 2.40 bits per heavy atom. The fourth-order valence-corrected chi connectivity index (χ4v) is 4.88. The molecule has 164 valence electrons. The fraction of sp³-hybridized carbons (Fsp3) is 0.652. The number of likely N-dealkylation sites (tertiary alicyclic amines) is 1. The molecule has 0 spiro atoms. The van der Waals surface area contributed by atoms with E-state index >= 15 is 0 Å². The molecule has 2 heterocycles. The molecule has 0 unspecified atom stereocenters. The molecule has 30 heavy (non-hydrogen) atoms. The molecule has 3 fully saturated rings. The lowest BCUT2D eigenvalue weighted by molar-refractivity contribution is 0.0303. The summed E-state index contributed by atoms with van der Waals surface area (Å²) in [6, 6.07) is 7.19. The zero-order valence-corrected chi connectivity index (χ0v) is 17.8. The first kappa shape index (κ1) is 21.1. The summed E-state index contributed by atoms with van der Waals surface area (Å²) >= 11 is 0. The van der Waals surface area contributed by atoms with Crippen LogP contribution in [0.2, 0.25) is 0 Å². The van der Waals surface area contributed by atoms with Crippen LogP contribution in [-0.2, 0) is 4.74 Å². The molecule has 7 nitrogen and oxygen atoms in total. The third-order valence-corrected chi connectivity index (χ3v) is 6.62. The topological polar surface area (TPSA) is 73.9 Å². The van der Waals surface area contributed by atoms with E-state index in [2.05, 4.69) is 15.5 Å². The first-order valence-corrected chi connectivity index (χ1v) is 11.4. The van der Waals surface area contributed by atoms with Crippen molar-refractivity contribution >= 4 is 17.6 Å². The van der Waals surface area contributed by atoms with Crippen LogP contribution < -0.4 is 10.6 Å². The van der Waals surface area contributed by atoms with Gasteiger partial charge in [-0.1, -0.05) is 25.0 Å². The van der Waals surface area contributed by atoms with Gasteiger partial charge in [-0.3, -0.25) is 4.79 Å². The maximum absolute atomic E-state index is 12.9. The molecule has 1 aromatic carbocycles. The average Bonchev–Trinajstić information content (AvgIpc) is 3.29. The van der Waals surface area contributed by atoms with Crippen molar-refractivity contribution in [2.75, 3.05) is 51.3 Å². The van der Waals surface area contributed by atoms with Crippen molar-refractivity contribution < 1.29 is 14.3 Å². The van der Waals surface area contributed by atoms with Gasteiger partial charge in [-0.05, 0) is 43.7 Å². The number of benzene rings is 1. The minimum atomic E-state index is -0.230. The van der Waals surface area contributed by atoms with Crippen molar-refractivity contribution in [3.8, 4) is 0 Å². The van der Waals surface area contributed by atoms with Crippen LogP contribution in [0.1, 0.15) is 48.9 Å². The highest BCUT2D eigenvalue weighted by Gasteiger charge is 2.25. The SMILES string of the molecule is O=C(Nc1ccccc1C(=O)N1CCOCC1)NC1CCN(CC2CCCC2)CC1. The van der Waals surface area contributed by atoms with E-state index in [-0.39, 0.29) is 18.0 Å². The van der Waals surface area contributed by atoms with Crippen LogP contribution in [0.4, 0.5) is 10.5 Å². The number of nitrogens with one attached hydrogen (secondary N) is 2. The molecule has 7 heteroatoms. The van der Waals surface area contributed by atoms with Crippen molar-refractivity contribution in [2.45, 2.75) is 44.6 Å². The van der Waals surface area contributed by atoms with Gasteiger partial charge < -0.3 is 25.2 Å². The summed E-state index contributed by atoms with van der Waals surface area (Å²) in [4.78, 5) is 29.8. The highest BCUT2D eigenvalue weighted by Crippen LogP contribution is 2.26. The molecule has 1 saturated carbocycles. The Labute approximate surface area is 179 Å². The van der Waals surface area contributed by atoms with E-state index in [1.54, 1.807) is 17.0 Å². The van der Waals surface area contributed by atoms with Gasteiger partial charge in [0, 0.05) is 38.8 Å². The number of amides is 3. The minimum Gasteiger partial charge on any atom is -0.378 e. The number of para-hydroxylation sites is 1. The molecular weight excluding hydrogens is 380 g/mol. The van der Waals surface area contributed by atoms with Crippen LogP contribution in [-0.4, -0.2) is 73.7 Å². The van der Waals surface area contributed by atoms with Gasteiger partial charge in [0.25, 0.3) is 5.91 Å². The van der Waals surface area contributed by atoms with E-state index in [0.29, 0.717) is 37.6 Å². The maximum Gasteiger partial charge on any atom is 0.319 e. The molecule has 1 aliphatic carbocycles. The Balaban J connectivity index is 1.27. The molecule has 0 atom stereocenters. The number of urea groups is 1. The number of hydrogen-bond donors (Lipinski definition) is 2. The third-order valence-electron chi connectivity index (χ3n) is 6.62. The number of morpholine rings is 1. The summed E-state index contributed by atoms with van der Waals surface area (Å²) in [6.07, 6.45) is 7.49. The fourth-order valence-electron chi connectivity index (χ4n) is 4.88. The van der Waals surface area contributed by atoms with Gasteiger partial charge in [-0.15, -0.1) is 0 Å². The standard InChI is InChI=1S/C23H34N4O3/c28-22(27-13-15-30-16-14-27)20-7-3-4-8-21(20)25-23(29)24-19-9-11-26(12-10-19)17-18-5-1-2-6-18/h3-4,7-8,18-19H,1-2,5-6,9-17H2,(H2,24,25,29). The van der Waals surface area contributed by atoms with E-state index in [0.717, 1.165) is 31.8 Å². The second kappa shape index (κ2) is 10.3. The average molecular weight is 415 g/mol. The van der Waals surface area contributed by atoms with Crippen molar-refractivity contribution in [1.82, 2.24) is 15.1 Å². The number of nitrogens with zero attached hydrogens (tertiary/aromatic N) is 2. The lowest BCUT2D eigenvalue weighted by Crippen LogP contribution is -2.47. The van der Waals surface area contributed by atoms with Crippen LogP contribution in [0, 0.1) is 5.92 Å². The molecule has 0 aromatic heterocycles. The Kier molecular flexibility index (Phi) is 7.23. The van der Waals surface area contributed by atoms with Crippen LogP contribution >= 0.6 is 0 Å². The molecule has 3 aliphatic rings. The first-order valence-electron chi connectivity index (χ1n) is 11.4. The molecule has 2 saturated heterocycles. The van der Waals surface area contributed by atoms with Gasteiger partial charge in [-0.2, -0.15) is 0 Å². The van der Waals surface area contributed by atoms with E-state index in [1.165, 1.54) is 32.2 Å². The summed E-state index contributed by atoms with van der Waals surface area (Å²) in [5.41, 5.74) is 1.09. The van der Waals surface area contributed by atoms with Crippen LogP contribution in [0.25, 0.3) is 0 Å². The first-order chi connectivity index (χ1) is 14.7. The third kappa shape index (κ3) is 5.52. The number of carbonyl (C=O) groups excluding carboxylic acids is 2. The molecule has 4 rings (SSSR count). The van der Waals surface area contributed by atoms with Gasteiger partial charge in [0.1, 0.15) is 0 Å². The molecule has 0 bridgehead atoms. The lowest BCUT2D eigenvalue weighted by Gasteiger charge is -2.33. The summed E-state index contributed by atoms with van der Waals surface area (Å²) in [5.74, 6) is 0.813. The Bertz CT molecular complexity index is 721. The van der Waals surface area contributed by atoms with Crippen LogP contribution in [0.5, 0.6) is 0 Å².